The van der Waals surface area contributed by atoms with Crippen LogP contribution in [0.25, 0.3) is 0 Å². The Bertz CT molecular complexity index is 768. The predicted octanol–water partition coefficient (Wildman–Crippen LogP) is 2.72. The highest BCUT2D eigenvalue weighted by molar-refractivity contribution is 9.10. The lowest BCUT2D eigenvalue weighted by Gasteiger charge is -2.12. The minimum Gasteiger partial charge on any atom is -0.307 e. The van der Waals surface area contributed by atoms with Gasteiger partial charge in [-0.25, -0.2) is 23.6 Å². The number of benzene rings is 1. The summed E-state index contributed by atoms with van der Waals surface area (Å²) in [7, 11) is -4.02. The number of hydrazine groups is 1. The zero-order valence-electron chi connectivity index (χ0n) is 10.3. The van der Waals surface area contributed by atoms with Gasteiger partial charge in [0.1, 0.15) is 10.7 Å². The van der Waals surface area contributed by atoms with E-state index < -0.39 is 15.8 Å². The van der Waals surface area contributed by atoms with E-state index in [1.165, 1.54) is 18.3 Å². The van der Waals surface area contributed by atoms with Crippen molar-refractivity contribution in [1.29, 1.82) is 0 Å². The number of hydrogen-bond donors (Lipinski definition) is 3. The van der Waals surface area contributed by atoms with Crippen LogP contribution in [-0.2, 0) is 10.0 Å². The molecule has 1 aromatic heterocycles. The highest BCUT2D eigenvalue weighted by Gasteiger charge is 2.20. The number of hydrogen-bond acceptors (Lipinski definition) is 5. The predicted molar refractivity (Wildman–Crippen MR) is 82.0 cm³/mol. The van der Waals surface area contributed by atoms with Crippen LogP contribution in [0.15, 0.2) is 39.8 Å². The third-order valence-electron chi connectivity index (χ3n) is 2.36. The zero-order valence-corrected chi connectivity index (χ0v) is 13.4. The maximum absolute atomic E-state index is 13.2. The van der Waals surface area contributed by atoms with Gasteiger partial charge in [-0.2, -0.15) is 0 Å². The first kappa shape index (κ1) is 16.0. The van der Waals surface area contributed by atoms with Gasteiger partial charge in [-0.3, -0.25) is 4.72 Å². The standard InChI is InChI=1S/C11H9BrClFN4O2S/c12-6-1-10(11(17-15)16-5-6)21(19,20)18-9-3-7(13)2-8(14)4-9/h1-5,18H,15H2,(H,16,17). The van der Waals surface area contributed by atoms with Gasteiger partial charge in [0.2, 0.25) is 0 Å². The number of pyridine rings is 1. The monoisotopic (exact) mass is 394 g/mol. The summed E-state index contributed by atoms with van der Waals surface area (Å²) >= 11 is 8.80. The smallest absolute Gasteiger partial charge is 0.265 e. The molecule has 0 unspecified atom stereocenters. The summed E-state index contributed by atoms with van der Waals surface area (Å²) < 4.78 is 40.5. The Morgan fingerprint density at radius 3 is 2.62 bits per heavy atom. The Morgan fingerprint density at radius 2 is 2.00 bits per heavy atom. The molecule has 0 saturated carbocycles. The van der Waals surface area contributed by atoms with E-state index in [0.29, 0.717) is 4.47 Å². The molecule has 4 N–H and O–H groups in total. The van der Waals surface area contributed by atoms with Crippen LogP contribution in [-0.4, -0.2) is 13.4 Å². The fourth-order valence-corrected chi connectivity index (χ4v) is 3.45. The van der Waals surface area contributed by atoms with Crippen molar-refractivity contribution in [2.75, 3.05) is 10.1 Å². The molecule has 6 nitrogen and oxygen atoms in total. The van der Waals surface area contributed by atoms with Gasteiger partial charge in [0.05, 0.1) is 5.69 Å². The first-order valence-electron chi connectivity index (χ1n) is 5.43. The normalized spacial score (nSPS) is 11.2. The second kappa shape index (κ2) is 6.14. The van der Waals surface area contributed by atoms with E-state index in [4.69, 9.17) is 17.4 Å². The van der Waals surface area contributed by atoms with Crippen molar-refractivity contribution in [3.8, 4) is 0 Å². The van der Waals surface area contributed by atoms with Crippen LogP contribution in [0, 0.1) is 5.82 Å². The van der Waals surface area contributed by atoms with Crippen LogP contribution in [0.5, 0.6) is 0 Å². The number of nitrogens with zero attached hydrogens (tertiary/aromatic N) is 1. The van der Waals surface area contributed by atoms with E-state index in [1.54, 1.807) is 0 Å². The number of sulfonamides is 1. The average Bonchev–Trinajstić information content (AvgIpc) is 2.36. The van der Waals surface area contributed by atoms with Gasteiger partial charge in [-0.15, -0.1) is 0 Å². The highest BCUT2D eigenvalue weighted by Crippen LogP contribution is 2.26. The van der Waals surface area contributed by atoms with E-state index in [2.05, 4.69) is 31.1 Å². The molecule has 112 valence electrons. The Balaban J connectivity index is 2.45. The van der Waals surface area contributed by atoms with Gasteiger partial charge < -0.3 is 5.43 Å². The lowest BCUT2D eigenvalue weighted by atomic mass is 10.3. The number of aromatic nitrogens is 1. The number of nitrogens with two attached hydrogens (primary N) is 1. The molecular weight excluding hydrogens is 387 g/mol. The summed E-state index contributed by atoms with van der Waals surface area (Å²) in [5, 5.41) is 0.0669. The Morgan fingerprint density at radius 1 is 1.29 bits per heavy atom. The molecule has 0 saturated heterocycles. The average molecular weight is 396 g/mol. The summed E-state index contributed by atoms with van der Waals surface area (Å²) in [5.41, 5.74) is 2.18. The molecule has 0 aliphatic carbocycles. The van der Waals surface area contributed by atoms with Crippen molar-refractivity contribution < 1.29 is 12.8 Å². The van der Waals surface area contributed by atoms with Crippen molar-refractivity contribution in [1.82, 2.24) is 4.98 Å². The van der Waals surface area contributed by atoms with Gasteiger partial charge in [-0.1, -0.05) is 11.6 Å². The summed E-state index contributed by atoms with van der Waals surface area (Å²) in [6.45, 7) is 0. The van der Waals surface area contributed by atoms with Gasteiger partial charge in [0, 0.05) is 15.7 Å². The van der Waals surface area contributed by atoms with Gasteiger partial charge >= 0.3 is 0 Å². The topological polar surface area (TPSA) is 97.1 Å². The first-order valence-corrected chi connectivity index (χ1v) is 8.08. The number of anilines is 2. The van der Waals surface area contributed by atoms with Gasteiger partial charge in [0.25, 0.3) is 10.0 Å². The summed E-state index contributed by atoms with van der Waals surface area (Å²) in [5.74, 6) is 4.53. The molecule has 0 amide bonds. The molecule has 1 heterocycles. The molecular formula is C11H9BrClFN4O2S. The van der Waals surface area contributed by atoms with Gasteiger partial charge in [0.15, 0.2) is 5.82 Å². The van der Waals surface area contributed by atoms with Crippen LogP contribution in [0.4, 0.5) is 15.9 Å². The molecule has 2 rings (SSSR count). The van der Waals surface area contributed by atoms with Crippen molar-refractivity contribution >= 4 is 49.1 Å². The zero-order chi connectivity index (χ0) is 15.6. The second-order valence-corrected chi connectivity index (χ2v) is 6.91. The molecule has 0 fully saturated rings. The first-order chi connectivity index (χ1) is 9.81. The number of nitrogens with one attached hydrogen (secondary N) is 2. The minimum absolute atomic E-state index is 0.0112. The summed E-state index contributed by atoms with van der Waals surface area (Å²) in [6, 6.07) is 4.66. The molecule has 0 aliphatic heterocycles. The maximum Gasteiger partial charge on any atom is 0.265 e. The number of rotatable bonds is 4. The Kier molecular flexibility index (Phi) is 4.67. The van der Waals surface area contributed by atoms with E-state index in [-0.39, 0.29) is 21.4 Å². The Hall–Kier alpha value is -1.42. The molecule has 10 heteroatoms. The van der Waals surface area contributed by atoms with Crippen molar-refractivity contribution in [3.05, 3.63) is 45.8 Å². The maximum atomic E-state index is 13.2. The molecule has 21 heavy (non-hydrogen) atoms. The molecule has 0 aliphatic rings. The van der Waals surface area contributed by atoms with Crippen molar-refractivity contribution in [2.45, 2.75) is 4.90 Å². The summed E-state index contributed by atoms with van der Waals surface area (Å²) in [4.78, 5) is 3.64. The highest BCUT2D eigenvalue weighted by atomic mass is 79.9. The molecule has 0 radical (unpaired) electrons. The van der Waals surface area contributed by atoms with Crippen LogP contribution in [0.3, 0.4) is 0 Å². The fourth-order valence-electron chi connectivity index (χ4n) is 1.56. The molecule has 1 aromatic carbocycles. The lowest BCUT2D eigenvalue weighted by Crippen LogP contribution is -2.18. The molecule has 0 spiro atoms. The van der Waals surface area contributed by atoms with Crippen molar-refractivity contribution in [2.24, 2.45) is 5.84 Å². The SMILES string of the molecule is NNc1ncc(Br)cc1S(=O)(=O)Nc1cc(F)cc(Cl)c1. The largest absolute Gasteiger partial charge is 0.307 e. The molecule has 0 atom stereocenters. The van der Waals surface area contributed by atoms with E-state index in [9.17, 15) is 12.8 Å². The van der Waals surface area contributed by atoms with E-state index >= 15 is 0 Å². The van der Waals surface area contributed by atoms with E-state index in [0.717, 1.165) is 12.1 Å². The molecule has 2 aromatic rings. The third kappa shape index (κ3) is 3.82. The van der Waals surface area contributed by atoms with Crippen LogP contribution < -0.4 is 16.0 Å². The van der Waals surface area contributed by atoms with Crippen LogP contribution in [0.1, 0.15) is 0 Å². The lowest BCUT2D eigenvalue weighted by molar-refractivity contribution is 0.601. The van der Waals surface area contributed by atoms with Crippen molar-refractivity contribution in [3.63, 3.8) is 0 Å². The number of nitrogen functional groups attached to an aromatic ring is 1. The third-order valence-corrected chi connectivity index (χ3v) is 4.41. The van der Waals surface area contributed by atoms with Crippen LogP contribution in [0.2, 0.25) is 5.02 Å². The molecule has 0 bridgehead atoms. The fraction of sp³-hybridized carbons (Fsp3) is 0. The second-order valence-electron chi connectivity index (χ2n) is 3.91. The van der Waals surface area contributed by atoms with Gasteiger partial charge in [-0.05, 0) is 40.2 Å². The quantitative estimate of drug-likeness (QED) is 0.546. The van der Waals surface area contributed by atoms with Crippen LogP contribution >= 0.6 is 27.5 Å². The van der Waals surface area contributed by atoms with E-state index in [1.807, 2.05) is 0 Å². The number of halogens is 3. The minimum atomic E-state index is -4.02. The Labute approximate surface area is 133 Å². The summed E-state index contributed by atoms with van der Waals surface area (Å²) in [6.07, 6.45) is 1.38.